The van der Waals surface area contributed by atoms with E-state index in [1.165, 1.54) is 0 Å². The number of hydrogen-bond donors (Lipinski definition) is 2. The molecule has 1 fully saturated rings. The first-order chi connectivity index (χ1) is 10.7. The average Bonchev–Trinajstić information content (AvgIpc) is 3.13. The summed E-state index contributed by atoms with van der Waals surface area (Å²) < 4.78 is 10.7. The SMILES string of the molecule is COc1ccc2c(CC(=O)NC3CCCC3CN)coc2c1. The molecule has 1 aromatic carbocycles. The molecular formula is C17H22N2O3. The van der Waals surface area contributed by atoms with Gasteiger partial charge in [-0.3, -0.25) is 4.79 Å². The summed E-state index contributed by atoms with van der Waals surface area (Å²) in [6, 6.07) is 5.85. The minimum absolute atomic E-state index is 0.0314. The van der Waals surface area contributed by atoms with Crippen molar-refractivity contribution in [3.8, 4) is 5.75 Å². The van der Waals surface area contributed by atoms with Crippen LogP contribution in [0.25, 0.3) is 11.0 Å². The Morgan fingerprint density at radius 3 is 3.09 bits per heavy atom. The predicted octanol–water partition coefficient (Wildman–Crippen LogP) is 2.23. The fraction of sp³-hybridized carbons (Fsp3) is 0.471. The van der Waals surface area contributed by atoms with Crippen molar-refractivity contribution in [1.82, 2.24) is 5.32 Å². The van der Waals surface area contributed by atoms with Crippen molar-refractivity contribution in [3.05, 3.63) is 30.0 Å². The lowest BCUT2D eigenvalue weighted by molar-refractivity contribution is -0.121. The van der Waals surface area contributed by atoms with Crippen LogP contribution in [0.4, 0.5) is 0 Å². The van der Waals surface area contributed by atoms with Gasteiger partial charge in [-0.05, 0) is 37.4 Å². The summed E-state index contributed by atoms with van der Waals surface area (Å²) in [7, 11) is 1.62. The van der Waals surface area contributed by atoms with E-state index in [2.05, 4.69) is 5.32 Å². The number of nitrogens with one attached hydrogen (secondary N) is 1. The molecule has 1 amide bonds. The summed E-state index contributed by atoms with van der Waals surface area (Å²) in [5, 5.41) is 4.08. The Balaban J connectivity index is 1.69. The second-order valence-electron chi connectivity index (χ2n) is 5.90. The molecular weight excluding hydrogens is 280 g/mol. The van der Waals surface area contributed by atoms with E-state index in [0.29, 0.717) is 18.9 Å². The molecule has 2 unspecified atom stereocenters. The quantitative estimate of drug-likeness (QED) is 0.888. The molecule has 1 heterocycles. The third-order valence-corrected chi connectivity index (χ3v) is 4.52. The molecule has 1 aromatic heterocycles. The first-order valence-electron chi connectivity index (χ1n) is 7.75. The molecule has 1 aliphatic carbocycles. The fourth-order valence-corrected chi connectivity index (χ4v) is 3.27. The summed E-state index contributed by atoms with van der Waals surface area (Å²) in [5.74, 6) is 1.19. The summed E-state index contributed by atoms with van der Waals surface area (Å²) in [6.07, 6.45) is 5.25. The van der Waals surface area contributed by atoms with Crippen molar-refractivity contribution < 1.29 is 13.9 Å². The van der Waals surface area contributed by atoms with Gasteiger partial charge >= 0.3 is 0 Å². The minimum atomic E-state index is 0.0314. The number of carbonyl (C=O) groups is 1. The highest BCUT2D eigenvalue weighted by molar-refractivity contribution is 5.88. The number of rotatable bonds is 5. The van der Waals surface area contributed by atoms with Gasteiger partial charge in [-0.15, -0.1) is 0 Å². The van der Waals surface area contributed by atoms with E-state index in [9.17, 15) is 4.79 Å². The van der Waals surface area contributed by atoms with Crippen LogP contribution >= 0.6 is 0 Å². The largest absolute Gasteiger partial charge is 0.497 e. The van der Waals surface area contributed by atoms with Crippen molar-refractivity contribution in [3.63, 3.8) is 0 Å². The Morgan fingerprint density at radius 2 is 2.32 bits per heavy atom. The van der Waals surface area contributed by atoms with Crippen LogP contribution in [0.2, 0.25) is 0 Å². The van der Waals surface area contributed by atoms with Gasteiger partial charge in [-0.25, -0.2) is 0 Å². The molecule has 5 heteroatoms. The average molecular weight is 302 g/mol. The number of nitrogens with two attached hydrogens (primary N) is 1. The standard InChI is InChI=1S/C17H22N2O3/c1-21-13-5-6-14-12(10-22-16(14)8-13)7-17(20)19-15-4-2-3-11(15)9-18/h5-6,8,10-11,15H,2-4,7,9,18H2,1H3,(H,19,20). The summed E-state index contributed by atoms with van der Waals surface area (Å²) >= 11 is 0. The zero-order chi connectivity index (χ0) is 15.5. The van der Waals surface area contributed by atoms with Crippen LogP contribution in [0.5, 0.6) is 5.75 Å². The van der Waals surface area contributed by atoms with E-state index >= 15 is 0 Å². The number of fused-ring (bicyclic) bond motifs is 1. The van der Waals surface area contributed by atoms with Gasteiger partial charge in [0, 0.05) is 23.1 Å². The zero-order valence-corrected chi connectivity index (χ0v) is 12.8. The number of methoxy groups -OCH3 is 1. The van der Waals surface area contributed by atoms with Crippen LogP contribution in [0.1, 0.15) is 24.8 Å². The molecule has 1 saturated carbocycles. The molecule has 0 bridgehead atoms. The predicted molar refractivity (Wildman–Crippen MR) is 84.8 cm³/mol. The second-order valence-corrected chi connectivity index (χ2v) is 5.90. The molecule has 3 rings (SSSR count). The third-order valence-electron chi connectivity index (χ3n) is 4.52. The Labute approximate surface area is 129 Å². The van der Waals surface area contributed by atoms with Gasteiger partial charge in [0.1, 0.15) is 11.3 Å². The molecule has 118 valence electrons. The van der Waals surface area contributed by atoms with Crippen molar-refractivity contribution >= 4 is 16.9 Å². The fourth-order valence-electron chi connectivity index (χ4n) is 3.27. The summed E-state index contributed by atoms with van der Waals surface area (Å²) in [4.78, 5) is 12.3. The molecule has 0 aliphatic heterocycles. The maximum Gasteiger partial charge on any atom is 0.224 e. The maximum atomic E-state index is 12.3. The first-order valence-corrected chi connectivity index (χ1v) is 7.75. The first kappa shape index (κ1) is 14.9. The van der Waals surface area contributed by atoms with E-state index in [-0.39, 0.29) is 11.9 Å². The molecule has 2 aromatic rings. The molecule has 5 nitrogen and oxygen atoms in total. The molecule has 3 N–H and O–H groups in total. The zero-order valence-electron chi connectivity index (χ0n) is 12.8. The van der Waals surface area contributed by atoms with Crippen LogP contribution in [0.3, 0.4) is 0 Å². The van der Waals surface area contributed by atoms with E-state index in [0.717, 1.165) is 41.5 Å². The lowest BCUT2D eigenvalue weighted by Gasteiger charge is -2.19. The van der Waals surface area contributed by atoms with Gasteiger partial charge in [-0.1, -0.05) is 6.42 Å². The molecule has 0 saturated heterocycles. The molecule has 1 aliphatic rings. The van der Waals surface area contributed by atoms with Crippen molar-refractivity contribution in [2.45, 2.75) is 31.7 Å². The number of amides is 1. The van der Waals surface area contributed by atoms with Crippen molar-refractivity contribution in [2.24, 2.45) is 11.7 Å². The Kier molecular flexibility index (Phi) is 4.34. The van der Waals surface area contributed by atoms with Gasteiger partial charge in [0.15, 0.2) is 0 Å². The monoisotopic (exact) mass is 302 g/mol. The Morgan fingerprint density at radius 1 is 1.45 bits per heavy atom. The Bertz CT molecular complexity index is 665. The second kappa shape index (κ2) is 6.40. The Hall–Kier alpha value is -2.01. The lowest BCUT2D eigenvalue weighted by atomic mass is 10.0. The highest BCUT2D eigenvalue weighted by Crippen LogP contribution is 2.27. The summed E-state index contributed by atoms with van der Waals surface area (Å²) in [5.41, 5.74) is 7.40. The van der Waals surface area contributed by atoms with E-state index in [4.69, 9.17) is 14.9 Å². The van der Waals surface area contributed by atoms with Gasteiger partial charge in [0.05, 0.1) is 19.8 Å². The third kappa shape index (κ3) is 2.95. The molecule has 0 radical (unpaired) electrons. The molecule has 2 atom stereocenters. The number of furan rings is 1. The van der Waals surface area contributed by atoms with Gasteiger partial charge in [0.2, 0.25) is 5.91 Å². The number of carbonyl (C=O) groups excluding carboxylic acids is 1. The van der Waals surface area contributed by atoms with Crippen LogP contribution in [0.15, 0.2) is 28.9 Å². The van der Waals surface area contributed by atoms with E-state index in [1.54, 1.807) is 13.4 Å². The van der Waals surface area contributed by atoms with Gasteiger partial charge in [-0.2, -0.15) is 0 Å². The van der Waals surface area contributed by atoms with Crippen LogP contribution in [-0.4, -0.2) is 25.6 Å². The van der Waals surface area contributed by atoms with Crippen LogP contribution < -0.4 is 15.8 Å². The highest BCUT2D eigenvalue weighted by atomic mass is 16.5. The number of benzene rings is 1. The van der Waals surface area contributed by atoms with Crippen LogP contribution in [-0.2, 0) is 11.2 Å². The summed E-state index contributed by atoms with van der Waals surface area (Å²) in [6.45, 7) is 0.638. The van der Waals surface area contributed by atoms with Gasteiger partial charge < -0.3 is 20.2 Å². The van der Waals surface area contributed by atoms with E-state index < -0.39 is 0 Å². The number of hydrogen-bond acceptors (Lipinski definition) is 4. The maximum absolute atomic E-state index is 12.3. The van der Waals surface area contributed by atoms with E-state index in [1.807, 2.05) is 18.2 Å². The van der Waals surface area contributed by atoms with Crippen LogP contribution in [0, 0.1) is 5.92 Å². The van der Waals surface area contributed by atoms with Gasteiger partial charge in [0.25, 0.3) is 0 Å². The number of ether oxygens (including phenoxy) is 1. The smallest absolute Gasteiger partial charge is 0.224 e. The molecule has 22 heavy (non-hydrogen) atoms. The van der Waals surface area contributed by atoms with Crippen molar-refractivity contribution in [1.29, 1.82) is 0 Å². The molecule has 0 spiro atoms. The highest BCUT2D eigenvalue weighted by Gasteiger charge is 2.27. The minimum Gasteiger partial charge on any atom is -0.497 e. The lowest BCUT2D eigenvalue weighted by Crippen LogP contribution is -2.40. The van der Waals surface area contributed by atoms with Crippen molar-refractivity contribution in [2.75, 3.05) is 13.7 Å². The topological polar surface area (TPSA) is 77.5 Å². The normalized spacial score (nSPS) is 21.2.